The summed E-state index contributed by atoms with van der Waals surface area (Å²) < 4.78 is 5.04. The third-order valence-electron chi connectivity index (χ3n) is 5.65. The molecule has 2 amide bonds. The Bertz CT molecular complexity index is 1160. The number of aryl methyl sites for hydroxylation is 1. The van der Waals surface area contributed by atoms with Crippen molar-refractivity contribution in [2.45, 2.75) is 13.8 Å². The predicted octanol–water partition coefficient (Wildman–Crippen LogP) is 3.30. The lowest BCUT2D eigenvalue weighted by Gasteiger charge is -2.33. The van der Waals surface area contributed by atoms with Crippen molar-refractivity contribution in [2.24, 2.45) is 0 Å². The van der Waals surface area contributed by atoms with Crippen molar-refractivity contribution in [1.29, 1.82) is 0 Å². The first-order chi connectivity index (χ1) is 17.0. The van der Waals surface area contributed by atoms with Gasteiger partial charge in [0.05, 0.1) is 18.8 Å². The molecule has 0 spiro atoms. The van der Waals surface area contributed by atoms with Crippen LogP contribution in [0.15, 0.2) is 55.0 Å². The van der Waals surface area contributed by atoms with E-state index in [-0.39, 0.29) is 18.5 Å². The fourth-order valence-electron chi connectivity index (χ4n) is 3.76. The van der Waals surface area contributed by atoms with Gasteiger partial charge >= 0.3 is 6.09 Å². The number of benzene rings is 1. The maximum absolute atomic E-state index is 12.6. The molecular weight excluding hydrogens is 446 g/mol. The van der Waals surface area contributed by atoms with Gasteiger partial charge in [0.15, 0.2) is 0 Å². The Morgan fingerprint density at radius 2 is 1.91 bits per heavy atom. The largest absolute Gasteiger partial charge is 0.450 e. The molecule has 182 valence electrons. The number of anilines is 3. The molecule has 0 bridgehead atoms. The molecule has 0 aliphatic carbocycles. The van der Waals surface area contributed by atoms with Crippen LogP contribution in [0.2, 0.25) is 0 Å². The fraction of sp³-hybridized carbons (Fsp3) is 0.320. The number of aromatic nitrogens is 3. The van der Waals surface area contributed by atoms with Gasteiger partial charge in [-0.25, -0.2) is 14.8 Å². The second-order valence-electron chi connectivity index (χ2n) is 8.17. The van der Waals surface area contributed by atoms with Crippen LogP contribution in [0, 0.1) is 6.92 Å². The van der Waals surface area contributed by atoms with Crippen LogP contribution < -0.4 is 10.6 Å². The van der Waals surface area contributed by atoms with Gasteiger partial charge in [0.25, 0.3) is 0 Å². The third-order valence-corrected chi connectivity index (χ3v) is 5.65. The van der Waals surface area contributed by atoms with E-state index < -0.39 is 0 Å². The fourth-order valence-corrected chi connectivity index (χ4v) is 3.76. The van der Waals surface area contributed by atoms with E-state index in [4.69, 9.17) is 4.74 Å². The molecule has 1 aliphatic rings. The van der Waals surface area contributed by atoms with Gasteiger partial charge in [-0.1, -0.05) is 6.07 Å². The van der Waals surface area contributed by atoms with Gasteiger partial charge in [-0.3, -0.25) is 14.7 Å². The van der Waals surface area contributed by atoms with Gasteiger partial charge in [-0.05, 0) is 49.7 Å². The molecule has 1 aliphatic heterocycles. The Kier molecular flexibility index (Phi) is 7.84. The number of hydrogen-bond donors (Lipinski definition) is 2. The highest BCUT2D eigenvalue weighted by Gasteiger charge is 2.23. The number of amides is 2. The SMILES string of the molecule is CCOC(=O)N1CCN(CC(=O)Nc2ccc(C)c(Nc3nccc(-c4cccnc4)n3)c2)CC1. The lowest BCUT2D eigenvalue weighted by atomic mass is 10.1. The molecule has 0 radical (unpaired) electrons. The first kappa shape index (κ1) is 24.1. The van der Waals surface area contributed by atoms with Crippen LogP contribution in [0.4, 0.5) is 22.1 Å². The summed E-state index contributed by atoms with van der Waals surface area (Å²) in [4.78, 5) is 41.2. The molecule has 10 nitrogen and oxygen atoms in total. The smallest absolute Gasteiger partial charge is 0.409 e. The molecular formula is C25H29N7O3. The summed E-state index contributed by atoms with van der Waals surface area (Å²) in [6.07, 6.45) is 4.87. The number of pyridine rings is 1. The predicted molar refractivity (Wildman–Crippen MR) is 133 cm³/mol. The van der Waals surface area contributed by atoms with Crippen LogP contribution in [0.1, 0.15) is 12.5 Å². The zero-order valence-corrected chi connectivity index (χ0v) is 19.9. The minimum absolute atomic E-state index is 0.112. The topological polar surface area (TPSA) is 113 Å². The third kappa shape index (κ3) is 6.51. The summed E-state index contributed by atoms with van der Waals surface area (Å²) in [5, 5.41) is 6.21. The maximum Gasteiger partial charge on any atom is 0.409 e. The molecule has 4 rings (SSSR count). The molecule has 1 aromatic carbocycles. The summed E-state index contributed by atoms with van der Waals surface area (Å²) in [5.41, 5.74) is 4.14. The van der Waals surface area contributed by atoms with Crippen molar-refractivity contribution in [2.75, 3.05) is 50.0 Å². The molecule has 1 saturated heterocycles. The average Bonchev–Trinajstić information content (AvgIpc) is 2.87. The Labute approximate surface area is 204 Å². The minimum Gasteiger partial charge on any atom is -0.450 e. The maximum atomic E-state index is 12.6. The molecule has 3 aromatic rings. The van der Waals surface area contributed by atoms with Crippen molar-refractivity contribution in [3.8, 4) is 11.3 Å². The van der Waals surface area contributed by atoms with E-state index in [1.54, 1.807) is 30.4 Å². The molecule has 0 unspecified atom stereocenters. The van der Waals surface area contributed by atoms with Crippen molar-refractivity contribution >= 4 is 29.3 Å². The summed E-state index contributed by atoms with van der Waals surface area (Å²) in [7, 11) is 0. The number of hydrogen-bond acceptors (Lipinski definition) is 8. The number of carbonyl (C=O) groups excluding carboxylic acids is 2. The van der Waals surface area contributed by atoms with Crippen LogP contribution in [0.5, 0.6) is 0 Å². The van der Waals surface area contributed by atoms with Gasteiger partial charge in [-0.15, -0.1) is 0 Å². The monoisotopic (exact) mass is 475 g/mol. The second kappa shape index (κ2) is 11.4. The summed E-state index contributed by atoms with van der Waals surface area (Å²) >= 11 is 0. The van der Waals surface area contributed by atoms with Crippen LogP contribution in [-0.4, -0.2) is 76.1 Å². The number of nitrogens with one attached hydrogen (secondary N) is 2. The number of rotatable bonds is 7. The lowest BCUT2D eigenvalue weighted by Crippen LogP contribution is -2.50. The standard InChI is InChI=1S/C25H29N7O3/c1-3-35-25(34)32-13-11-31(12-14-32)17-23(33)28-20-7-6-18(2)22(15-20)30-24-27-10-8-21(29-24)19-5-4-9-26-16-19/h4-10,15-16H,3,11-14,17H2,1-2H3,(H,28,33)(H,27,29,30). The highest BCUT2D eigenvalue weighted by atomic mass is 16.6. The number of nitrogens with zero attached hydrogens (tertiary/aromatic N) is 5. The van der Waals surface area contributed by atoms with E-state index in [0.29, 0.717) is 44.4 Å². The molecule has 2 aromatic heterocycles. The average molecular weight is 476 g/mol. The first-order valence-electron chi connectivity index (χ1n) is 11.6. The summed E-state index contributed by atoms with van der Waals surface area (Å²) in [6, 6.07) is 11.3. The zero-order valence-electron chi connectivity index (χ0n) is 19.9. The van der Waals surface area contributed by atoms with Crippen molar-refractivity contribution in [1.82, 2.24) is 24.8 Å². The van der Waals surface area contributed by atoms with Crippen molar-refractivity contribution in [3.05, 3.63) is 60.6 Å². The van der Waals surface area contributed by atoms with E-state index in [2.05, 4.69) is 25.6 Å². The van der Waals surface area contributed by atoms with Crippen LogP contribution in [0.25, 0.3) is 11.3 Å². The van der Waals surface area contributed by atoms with Crippen molar-refractivity contribution < 1.29 is 14.3 Å². The summed E-state index contributed by atoms with van der Waals surface area (Å²) in [6.45, 7) is 6.71. The van der Waals surface area contributed by atoms with Gasteiger partial charge in [0, 0.05) is 61.7 Å². The van der Waals surface area contributed by atoms with Crippen molar-refractivity contribution in [3.63, 3.8) is 0 Å². The minimum atomic E-state index is -0.300. The molecule has 0 saturated carbocycles. The highest BCUT2D eigenvalue weighted by Crippen LogP contribution is 2.24. The zero-order chi connectivity index (χ0) is 24.6. The van der Waals surface area contributed by atoms with E-state index in [9.17, 15) is 9.59 Å². The van der Waals surface area contributed by atoms with E-state index >= 15 is 0 Å². The van der Waals surface area contributed by atoms with Gasteiger partial charge < -0.3 is 20.3 Å². The normalized spacial score (nSPS) is 13.8. The molecule has 2 N–H and O–H groups in total. The summed E-state index contributed by atoms with van der Waals surface area (Å²) in [5.74, 6) is 0.344. The highest BCUT2D eigenvalue weighted by molar-refractivity contribution is 5.93. The Hall–Kier alpha value is -4.05. The van der Waals surface area contributed by atoms with Crippen LogP contribution >= 0.6 is 0 Å². The van der Waals surface area contributed by atoms with Gasteiger partial charge in [0.1, 0.15) is 0 Å². The van der Waals surface area contributed by atoms with E-state index in [1.165, 1.54) is 0 Å². The number of ether oxygens (including phenoxy) is 1. The van der Waals surface area contributed by atoms with Crippen LogP contribution in [-0.2, 0) is 9.53 Å². The van der Waals surface area contributed by atoms with E-state index in [0.717, 1.165) is 22.5 Å². The van der Waals surface area contributed by atoms with Crippen LogP contribution in [0.3, 0.4) is 0 Å². The lowest BCUT2D eigenvalue weighted by molar-refractivity contribution is -0.117. The molecule has 10 heteroatoms. The van der Waals surface area contributed by atoms with E-state index in [1.807, 2.05) is 48.2 Å². The second-order valence-corrected chi connectivity index (χ2v) is 8.17. The quantitative estimate of drug-likeness (QED) is 0.535. The Balaban J connectivity index is 1.35. The molecule has 35 heavy (non-hydrogen) atoms. The van der Waals surface area contributed by atoms with Gasteiger partial charge in [-0.2, -0.15) is 0 Å². The molecule has 0 atom stereocenters. The first-order valence-corrected chi connectivity index (χ1v) is 11.6. The Morgan fingerprint density at radius 1 is 1.09 bits per heavy atom. The number of piperazine rings is 1. The Morgan fingerprint density at radius 3 is 2.66 bits per heavy atom. The van der Waals surface area contributed by atoms with Gasteiger partial charge in [0.2, 0.25) is 11.9 Å². The molecule has 3 heterocycles. The number of carbonyl (C=O) groups is 2. The molecule has 1 fully saturated rings.